The van der Waals surface area contributed by atoms with Crippen LogP contribution in [0.3, 0.4) is 0 Å². The molecule has 0 saturated carbocycles. The van der Waals surface area contributed by atoms with Gasteiger partial charge in [-0.1, -0.05) is 0 Å². The van der Waals surface area contributed by atoms with Crippen molar-refractivity contribution in [3.05, 3.63) is 41.4 Å². The molecule has 0 saturated heterocycles. The first-order valence-corrected chi connectivity index (χ1v) is 5.74. The number of nitrogens with one attached hydrogen (secondary N) is 1. The Morgan fingerprint density at radius 3 is 2.74 bits per heavy atom. The summed E-state index contributed by atoms with van der Waals surface area (Å²) in [5.74, 6) is -1.34. The lowest BCUT2D eigenvalue weighted by atomic mass is 10.2. The molecule has 0 bridgehead atoms. The molecule has 100 valence electrons. The van der Waals surface area contributed by atoms with Crippen LogP contribution in [0.2, 0.25) is 0 Å². The molecule has 19 heavy (non-hydrogen) atoms. The highest BCUT2D eigenvalue weighted by molar-refractivity contribution is 6.17. The van der Waals surface area contributed by atoms with Crippen LogP contribution in [-0.4, -0.2) is 35.0 Å². The van der Waals surface area contributed by atoms with Crippen molar-refractivity contribution >= 4 is 17.5 Å². The van der Waals surface area contributed by atoms with Crippen LogP contribution in [0.5, 0.6) is 0 Å². The third kappa shape index (κ3) is 2.63. The summed E-state index contributed by atoms with van der Waals surface area (Å²) in [5.41, 5.74) is 1.30. The molecule has 0 atom stereocenters. The molecule has 6 heteroatoms. The van der Waals surface area contributed by atoms with Crippen LogP contribution in [-0.2, 0) is 9.59 Å². The monoisotopic (exact) mass is 264 g/mol. The summed E-state index contributed by atoms with van der Waals surface area (Å²) in [6.07, 6.45) is 1.17. The Balaban J connectivity index is 2.18. The maximum atomic E-state index is 13.0. The number of aryl methyl sites for hydroxylation is 1. The summed E-state index contributed by atoms with van der Waals surface area (Å²) in [6, 6.07) is 4.09. The lowest BCUT2D eigenvalue weighted by molar-refractivity contribution is -0.137. The minimum absolute atomic E-state index is 0.0399. The largest absolute Gasteiger partial charge is 0.395 e. The molecule has 0 aromatic heterocycles. The van der Waals surface area contributed by atoms with Crippen LogP contribution in [0, 0.1) is 12.7 Å². The lowest BCUT2D eigenvalue weighted by Crippen LogP contribution is -2.34. The third-order valence-electron chi connectivity index (χ3n) is 2.79. The van der Waals surface area contributed by atoms with Crippen LogP contribution < -0.4 is 5.32 Å². The minimum atomic E-state index is -0.497. The molecule has 1 aliphatic rings. The van der Waals surface area contributed by atoms with E-state index in [1.807, 2.05) is 0 Å². The molecule has 1 heterocycles. The quantitative estimate of drug-likeness (QED) is 0.789. The molecule has 0 radical (unpaired) electrons. The van der Waals surface area contributed by atoms with E-state index in [9.17, 15) is 14.0 Å². The van der Waals surface area contributed by atoms with Crippen molar-refractivity contribution in [3.8, 4) is 0 Å². The van der Waals surface area contributed by atoms with Crippen molar-refractivity contribution in [3.63, 3.8) is 0 Å². The number of carbonyl (C=O) groups excluding carboxylic acids is 2. The average molecular weight is 264 g/mol. The predicted octanol–water partition coefficient (Wildman–Crippen LogP) is 0.791. The van der Waals surface area contributed by atoms with Gasteiger partial charge in [-0.05, 0) is 30.7 Å². The fourth-order valence-corrected chi connectivity index (χ4v) is 1.82. The van der Waals surface area contributed by atoms with E-state index < -0.39 is 11.8 Å². The van der Waals surface area contributed by atoms with Gasteiger partial charge in [-0.25, -0.2) is 4.39 Å². The van der Waals surface area contributed by atoms with Crippen molar-refractivity contribution in [2.45, 2.75) is 6.92 Å². The summed E-state index contributed by atoms with van der Waals surface area (Å²) in [4.78, 5) is 24.4. The smallest absolute Gasteiger partial charge is 0.277 e. The van der Waals surface area contributed by atoms with E-state index >= 15 is 0 Å². The highest BCUT2D eigenvalue weighted by Crippen LogP contribution is 2.20. The number of imide groups is 1. The van der Waals surface area contributed by atoms with Crippen LogP contribution in [0.25, 0.3) is 0 Å². The molecular formula is C13H13FN2O3. The Morgan fingerprint density at radius 1 is 1.37 bits per heavy atom. The zero-order valence-electron chi connectivity index (χ0n) is 10.3. The number of aliphatic hydroxyl groups excluding tert-OH is 1. The van der Waals surface area contributed by atoms with E-state index in [-0.39, 0.29) is 24.7 Å². The van der Waals surface area contributed by atoms with Crippen molar-refractivity contribution < 1.29 is 19.1 Å². The molecule has 2 rings (SSSR count). The summed E-state index contributed by atoms with van der Waals surface area (Å²) in [6.45, 7) is 1.37. The molecule has 1 aliphatic heterocycles. The van der Waals surface area contributed by atoms with Gasteiger partial charge < -0.3 is 10.4 Å². The zero-order chi connectivity index (χ0) is 14.0. The SMILES string of the molecule is Cc1cc(F)ccc1NC1=CC(=O)N(CCO)C1=O. The molecule has 5 nitrogen and oxygen atoms in total. The Morgan fingerprint density at radius 2 is 2.11 bits per heavy atom. The van der Waals surface area contributed by atoms with Gasteiger partial charge in [0.15, 0.2) is 0 Å². The second kappa shape index (κ2) is 5.19. The number of hydrogen-bond acceptors (Lipinski definition) is 4. The number of amides is 2. The second-order valence-corrected chi connectivity index (χ2v) is 4.16. The highest BCUT2D eigenvalue weighted by Gasteiger charge is 2.30. The van der Waals surface area contributed by atoms with Gasteiger partial charge in [0.2, 0.25) is 0 Å². The Bertz CT molecular complexity index is 569. The van der Waals surface area contributed by atoms with Crippen LogP contribution in [0.1, 0.15) is 5.56 Å². The van der Waals surface area contributed by atoms with Crippen molar-refractivity contribution in [1.82, 2.24) is 4.90 Å². The number of hydrogen-bond donors (Lipinski definition) is 2. The predicted molar refractivity (Wildman–Crippen MR) is 66.6 cm³/mol. The maximum Gasteiger partial charge on any atom is 0.277 e. The third-order valence-corrected chi connectivity index (χ3v) is 2.79. The normalized spacial score (nSPS) is 14.9. The molecule has 0 aliphatic carbocycles. The number of halogens is 1. The van der Waals surface area contributed by atoms with Gasteiger partial charge in [-0.3, -0.25) is 14.5 Å². The molecule has 2 N–H and O–H groups in total. The van der Waals surface area contributed by atoms with E-state index in [2.05, 4.69) is 5.32 Å². The molecule has 0 spiro atoms. The molecule has 1 aromatic rings. The maximum absolute atomic E-state index is 13.0. The zero-order valence-corrected chi connectivity index (χ0v) is 10.3. The van der Waals surface area contributed by atoms with Crippen LogP contribution in [0.15, 0.2) is 30.0 Å². The van der Waals surface area contributed by atoms with E-state index in [4.69, 9.17) is 5.11 Å². The fraction of sp³-hybridized carbons (Fsp3) is 0.231. The number of benzene rings is 1. The summed E-state index contributed by atoms with van der Waals surface area (Å²) in [7, 11) is 0. The van der Waals surface area contributed by atoms with Crippen molar-refractivity contribution in [2.75, 3.05) is 18.5 Å². The van der Waals surface area contributed by atoms with E-state index in [1.54, 1.807) is 6.92 Å². The number of rotatable bonds is 4. The van der Waals surface area contributed by atoms with E-state index in [1.165, 1.54) is 24.3 Å². The lowest BCUT2D eigenvalue weighted by Gasteiger charge is -2.14. The van der Waals surface area contributed by atoms with E-state index in [0.29, 0.717) is 11.3 Å². The topological polar surface area (TPSA) is 69.6 Å². The second-order valence-electron chi connectivity index (χ2n) is 4.16. The van der Waals surface area contributed by atoms with Gasteiger partial charge in [-0.15, -0.1) is 0 Å². The summed E-state index contributed by atoms with van der Waals surface area (Å²) >= 11 is 0. The van der Waals surface area contributed by atoms with Crippen LogP contribution >= 0.6 is 0 Å². The minimum Gasteiger partial charge on any atom is -0.395 e. The number of β-amino-alcohol motifs (C(OH)–C–C–N with tert-alkyl or cyclic N) is 1. The summed E-state index contributed by atoms with van der Waals surface area (Å²) in [5, 5.41) is 11.6. The Hall–Kier alpha value is -2.21. The van der Waals surface area contributed by atoms with Gasteiger partial charge in [0.25, 0.3) is 11.8 Å². The fourth-order valence-electron chi connectivity index (χ4n) is 1.82. The molecular weight excluding hydrogens is 251 g/mol. The first-order valence-electron chi connectivity index (χ1n) is 5.74. The van der Waals surface area contributed by atoms with E-state index in [0.717, 1.165) is 4.90 Å². The van der Waals surface area contributed by atoms with Gasteiger partial charge in [0, 0.05) is 11.8 Å². The molecule has 1 aromatic carbocycles. The number of nitrogens with zero attached hydrogens (tertiary/aromatic N) is 1. The number of anilines is 1. The molecule has 0 unspecified atom stereocenters. The molecule has 0 fully saturated rings. The Kier molecular flexibility index (Phi) is 3.62. The van der Waals surface area contributed by atoms with Gasteiger partial charge in [0.05, 0.1) is 13.2 Å². The average Bonchev–Trinajstić information content (AvgIpc) is 2.61. The van der Waals surface area contributed by atoms with Gasteiger partial charge in [-0.2, -0.15) is 0 Å². The first-order chi connectivity index (χ1) is 9.02. The van der Waals surface area contributed by atoms with Crippen molar-refractivity contribution in [2.24, 2.45) is 0 Å². The standard InChI is InChI=1S/C13H13FN2O3/c1-8-6-9(14)2-3-10(8)15-11-7-12(18)16(4-5-17)13(11)19/h2-3,6-7,15,17H,4-5H2,1H3. The Labute approximate surface area is 109 Å². The number of carbonyl (C=O) groups is 2. The molecule has 2 amide bonds. The van der Waals surface area contributed by atoms with Gasteiger partial charge >= 0.3 is 0 Å². The van der Waals surface area contributed by atoms with Gasteiger partial charge in [0.1, 0.15) is 11.5 Å². The number of aliphatic hydroxyl groups is 1. The summed E-state index contributed by atoms with van der Waals surface area (Å²) < 4.78 is 13.0. The van der Waals surface area contributed by atoms with Crippen LogP contribution in [0.4, 0.5) is 10.1 Å². The highest BCUT2D eigenvalue weighted by atomic mass is 19.1. The van der Waals surface area contributed by atoms with Crippen molar-refractivity contribution in [1.29, 1.82) is 0 Å². The first kappa shape index (κ1) is 13.2.